The van der Waals surface area contributed by atoms with Crippen molar-refractivity contribution in [3.8, 4) is 0 Å². The molecule has 2 fully saturated rings. The van der Waals surface area contributed by atoms with E-state index in [1.54, 1.807) is 30.5 Å². The van der Waals surface area contributed by atoms with Crippen molar-refractivity contribution >= 4 is 31.1 Å². The fourth-order valence-electron chi connectivity index (χ4n) is 4.28. The van der Waals surface area contributed by atoms with E-state index in [-0.39, 0.29) is 43.3 Å². The molecule has 31 heavy (non-hydrogen) atoms. The van der Waals surface area contributed by atoms with E-state index >= 15 is 0 Å². The van der Waals surface area contributed by atoms with Crippen LogP contribution in [0.2, 0.25) is 0 Å². The van der Waals surface area contributed by atoms with Gasteiger partial charge in [0.2, 0.25) is 10.0 Å². The summed E-state index contributed by atoms with van der Waals surface area (Å²) in [4.78, 5) is 4.52. The van der Waals surface area contributed by atoms with Gasteiger partial charge < -0.3 is 4.74 Å². The molecule has 0 aliphatic carbocycles. The highest BCUT2D eigenvalue weighted by Gasteiger charge is 2.39. The number of benzene rings is 1. The van der Waals surface area contributed by atoms with E-state index in [4.69, 9.17) is 4.74 Å². The van der Waals surface area contributed by atoms with Gasteiger partial charge in [0.25, 0.3) is 10.2 Å². The number of ether oxygens (including phenoxy) is 1. The topological polar surface area (TPSA) is 100 Å². The minimum absolute atomic E-state index is 0.104. The maximum Gasteiger partial charge on any atom is 0.282 e. The SMILES string of the molecule is Cc1ccc(S(=O)(=O)N2CCN(S(=O)(=O)N3CC(C)OC(C)C3)CC2)c2cccnc12. The van der Waals surface area contributed by atoms with Crippen LogP contribution in [0.4, 0.5) is 0 Å². The number of aromatic nitrogens is 1. The van der Waals surface area contributed by atoms with Gasteiger partial charge in [0.05, 0.1) is 22.6 Å². The Bertz CT molecular complexity index is 1170. The largest absolute Gasteiger partial charge is 0.373 e. The predicted octanol–water partition coefficient (Wildman–Crippen LogP) is 1.20. The average Bonchev–Trinajstić information content (AvgIpc) is 2.73. The second kappa shape index (κ2) is 8.38. The molecule has 2 aliphatic rings. The molecular weight excluding hydrogens is 440 g/mol. The monoisotopic (exact) mass is 468 g/mol. The third-order valence-corrected chi connectivity index (χ3v) is 9.71. The molecule has 0 radical (unpaired) electrons. The maximum absolute atomic E-state index is 13.4. The number of fused-ring (bicyclic) bond motifs is 1. The normalized spacial score (nSPS) is 25.1. The van der Waals surface area contributed by atoms with Gasteiger partial charge in [-0.05, 0) is 44.5 Å². The number of nitrogens with zero attached hydrogens (tertiary/aromatic N) is 4. The zero-order chi connectivity index (χ0) is 22.4. The second-order valence-corrected chi connectivity index (χ2v) is 12.0. The highest BCUT2D eigenvalue weighted by Crippen LogP contribution is 2.28. The van der Waals surface area contributed by atoms with Crippen LogP contribution in [0, 0.1) is 6.92 Å². The molecule has 3 heterocycles. The molecule has 2 aliphatic heterocycles. The Hall–Kier alpha value is -1.63. The quantitative estimate of drug-likeness (QED) is 0.669. The first-order valence-corrected chi connectivity index (χ1v) is 13.2. The van der Waals surface area contributed by atoms with Crippen molar-refractivity contribution in [3.05, 3.63) is 36.0 Å². The van der Waals surface area contributed by atoms with Gasteiger partial charge in [-0.15, -0.1) is 0 Å². The number of morpholine rings is 1. The molecule has 9 nitrogen and oxygen atoms in total. The molecule has 0 N–H and O–H groups in total. The van der Waals surface area contributed by atoms with Crippen LogP contribution in [-0.4, -0.2) is 86.2 Å². The first-order valence-electron chi connectivity index (χ1n) is 10.4. The molecule has 0 saturated carbocycles. The van der Waals surface area contributed by atoms with Gasteiger partial charge in [-0.2, -0.15) is 21.3 Å². The molecular formula is C20H28N4O5S2. The summed E-state index contributed by atoms with van der Waals surface area (Å²) in [7, 11) is -7.45. The van der Waals surface area contributed by atoms with Gasteiger partial charge in [-0.25, -0.2) is 8.42 Å². The Labute approximate surface area is 183 Å². The molecule has 0 amide bonds. The van der Waals surface area contributed by atoms with Crippen LogP contribution in [0.1, 0.15) is 19.4 Å². The fraction of sp³-hybridized carbons (Fsp3) is 0.550. The molecule has 2 unspecified atom stereocenters. The molecule has 1 aromatic carbocycles. The average molecular weight is 469 g/mol. The zero-order valence-corrected chi connectivity index (χ0v) is 19.6. The number of sulfonamides is 1. The Morgan fingerprint density at radius 1 is 0.903 bits per heavy atom. The Balaban J connectivity index is 1.53. The molecule has 0 bridgehead atoms. The minimum Gasteiger partial charge on any atom is -0.373 e. The zero-order valence-electron chi connectivity index (χ0n) is 17.9. The van der Waals surface area contributed by atoms with E-state index in [0.717, 1.165) is 5.56 Å². The lowest BCUT2D eigenvalue weighted by Gasteiger charge is -2.40. The van der Waals surface area contributed by atoms with Gasteiger partial charge in [0, 0.05) is 50.9 Å². The summed E-state index contributed by atoms with van der Waals surface area (Å²) in [5.74, 6) is 0. The summed E-state index contributed by atoms with van der Waals surface area (Å²) in [5, 5.41) is 0.578. The second-order valence-electron chi connectivity index (χ2n) is 8.17. The smallest absolute Gasteiger partial charge is 0.282 e. The number of piperazine rings is 1. The van der Waals surface area contributed by atoms with Gasteiger partial charge in [-0.3, -0.25) is 4.98 Å². The van der Waals surface area contributed by atoms with Crippen molar-refractivity contribution in [2.45, 2.75) is 37.9 Å². The van der Waals surface area contributed by atoms with E-state index in [2.05, 4.69) is 4.98 Å². The van der Waals surface area contributed by atoms with E-state index in [9.17, 15) is 16.8 Å². The van der Waals surface area contributed by atoms with E-state index in [1.807, 2.05) is 20.8 Å². The number of pyridine rings is 1. The Morgan fingerprint density at radius 3 is 2.16 bits per heavy atom. The summed E-state index contributed by atoms with van der Waals surface area (Å²) < 4.78 is 62.7. The molecule has 2 saturated heterocycles. The lowest BCUT2D eigenvalue weighted by Crippen LogP contribution is -2.57. The van der Waals surface area contributed by atoms with E-state index in [1.165, 1.54) is 12.9 Å². The van der Waals surface area contributed by atoms with Crippen molar-refractivity contribution < 1.29 is 21.6 Å². The maximum atomic E-state index is 13.4. The van der Waals surface area contributed by atoms with Crippen molar-refractivity contribution in [1.82, 2.24) is 17.9 Å². The van der Waals surface area contributed by atoms with Crippen molar-refractivity contribution in [3.63, 3.8) is 0 Å². The predicted molar refractivity (Wildman–Crippen MR) is 117 cm³/mol. The van der Waals surface area contributed by atoms with Crippen molar-refractivity contribution in [1.29, 1.82) is 0 Å². The minimum atomic E-state index is -3.78. The lowest BCUT2D eigenvalue weighted by atomic mass is 10.1. The van der Waals surface area contributed by atoms with Crippen LogP contribution in [-0.2, 0) is 25.0 Å². The summed E-state index contributed by atoms with van der Waals surface area (Å²) in [6, 6.07) is 6.83. The standard InChI is InChI=1S/C20H28N4O5S2/c1-15-6-7-19(18-5-4-8-21-20(15)18)30(25,26)22-9-11-23(12-10-22)31(27,28)24-13-16(2)29-17(3)14-24/h4-8,16-17H,9-14H2,1-3H3. The fourth-order valence-corrected chi connectivity index (χ4v) is 7.63. The van der Waals surface area contributed by atoms with Crippen LogP contribution in [0.25, 0.3) is 10.9 Å². The van der Waals surface area contributed by atoms with E-state index in [0.29, 0.717) is 24.0 Å². The lowest BCUT2D eigenvalue weighted by molar-refractivity contribution is -0.0456. The Morgan fingerprint density at radius 2 is 1.52 bits per heavy atom. The molecule has 11 heteroatoms. The van der Waals surface area contributed by atoms with Crippen LogP contribution >= 0.6 is 0 Å². The van der Waals surface area contributed by atoms with Crippen LogP contribution in [0.5, 0.6) is 0 Å². The molecule has 2 atom stereocenters. The molecule has 0 spiro atoms. The van der Waals surface area contributed by atoms with Gasteiger partial charge >= 0.3 is 0 Å². The summed E-state index contributed by atoms with van der Waals surface area (Å²) in [6.07, 6.45) is 1.29. The van der Waals surface area contributed by atoms with Crippen LogP contribution in [0.3, 0.4) is 0 Å². The van der Waals surface area contributed by atoms with Crippen LogP contribution in [0.15, 0.2) is 35.4 Å². The number of hydrogen-bond acceptors (Lipinski definition) is 6. The Kier molecular flexibility index (Phi) is 6.10. The third-order valence-electron chi connectivity index (χ3n) is 5.79. The number of rotatable bonds is 4. The summed E-state index contributed by atoms with van der Waals surface area (Å²) in [5.41, 5.74) is 1.56. The van der Waals surface area contributed by atoms with Crippen molar-refractivity contribution in [2.75, 3.05) is 39.3 Å². The molecule has 2 aromatic rings. The number of aryl methyl sites for hydroxylation is 1. The highest BCUT2D eigenvalue weighted by atomic mass is 32.2. The van der Waals surface area contributed by atoms with Crippen molar-refractivity contribution in [2.24, 2.45) is 0 Å². The summed E-state index contributed by atoms with van der Waals surface area (Å²) in [6.45, 7) is 6.63. The molecule has 1 aromatic heterocycles. The van der Waals surface area contributed by atoms with Gasteiger partial charge in [0.15, 0.2) is 0 Å². The first-order chi connectivity index (χ1) is 14.6. The molecule has 4 rings (SSSR count). The summed E-state index contributed by atoms with van der Waals surface area (Å²) >= 11 is 0. The number of hydrogen-bond donors (Lipinski definition) is 0. The first kappa shape index (κ1) is 22.6. The third kappa shape index (κ3) is 4.22. The molecule has 170 valence electrons. The van der Waals surface area contributed by atoms with Gasteiger partial charge in [-0.1, -0.05) is 6.07 Å². The van der Waals surface area contributed by atoms with Crippen LogP contribution < -0.4 is 0 Å². The van der Waals surface area contributed by atoms with Gasteiger partial charge in [0.1, 0.15) is 0 Å². The highest BCUT2D eigenvalue weighted by molar-refractivity contribution is 7.89. The van der Waals surface area contributed by atoms with E-state index < -0.39 is 20.2 Å².